The molecule has 3 N–H and O–H groups in total. The van der Waals surface area contributed by atoms with Crippen molar-refractivity contribution in [2.45, 2.75) is 0 Å². The molecule has 3 heteroatoms. The highest BCUT2D eigenvalue weighted by atomic mass is 15.3. The van der Waals surface area contributed by atoms with E-state index in [0.717, 1.165) is 12.4 Å². The van der Waals surface area contributed by atoms with E-state index >= 15 is 0 Å². The van der Waals surface area contributed by atoms with Crippen LogP contribution in [0.1, 0.15) is 0 Å². The van der Waals surface area contributed by atoms with Gasteiger partial charge in [0.25, 0.3) is 0 Å². The third kappa shape index (κ3) is 1.23. The van der Waals surface area contributed by atoms with Gasteiger partial charge in [0.2, 0.25) is 0 Å². The van der Waals surface area contributed by atoms with Crippen LogP contribution in [0.5, 0.6) is 0 Å². The van der Waals surface area contributed by atoms with E-state index in [-0.39, 0.29) is 0 Å². The Labute approximate surface area is 54.8 Å². The topological polar surface area (TPSA) is 41.3 Å². The molecule has 1 heterocycles. The number of hydrogen-bond donors (Lipinski definition) is 2. The van der Waals surface area contributed by atoms with Crippen molar-refractivity contribution in [3.8, 4) is 0 Å². The van der Waals surface area contributed by atoms with Gasteiger partial charge in [0.1, 0.15) is 5.82 Å². The molecule has 1 aliphatic heterocycles. The lowest BCUT2D eigenvalue weighted by Gasteiger charge is -2.21. The maximum absolute atomic E-state index is 5.20. The summed E-state index contributed by atoms with van der Waals surface area (Å²) >= 11 is 0. The number of nitrogens with two attached hydrogens (primary N) is 1. The summed E-state index contributed by atoms with van der Waals surface area (Å²) in [7, 11) is 1.98. The van der Waals surface area contributed by atoms with Gasteiger partial charge >= 0.3 is 0 Å². The average molecular weight is 125 g/mol. The molecule has 0 atom stereocenters. The van der Waals surface area contributed by atoms with E-state index in [0.29, 0.717) is 0 Å². The Morgan fingerprint density at radius 1 is 1.78 bits per heavy atom. The van der Waals surface area contributed by atoms with Crippen LogP contribution < -0.4 is 11.3 Å². The molecule has 0 radical (unpaired) electrons. The Hall–Kier alpha value is -0.960. The molecule has 0 aromatic carbocycles. The molecule has 0 spiro atoms. The summed E-state index contributed by atoms with van der Waals surface area (Å²) in [5, 5.41) is 0. The molecule has 9 heavy (non-hydrogen) atoms. The predicted octanol–water partition coefficient (Wildman–Crippen LogP) is -0.207. The second-order valence-electron chi connectivity index (χ2n) is 2.00. The number of rotatable bonds is 1. The second kappa shape index (κ2) is 2.55. The predicted molar refractivity (Wildman–Crippen MR) is 37.2 cm³/mol. The van der Waals surface area contributed by atoms with Gasteiger partial charge in [-0.1, -0.05) is 12.2 Å². The molecule has 0 aromatic rings. The van der Waals surface area contributed by atoms with Crippen molar-refractivity contribution >= 4 is 0 Å². The second-order valence-corrected chi connectivity index (χ2v) is 2.00. The first-order chi connectivity index (χ1) is 4.34. The summed E-state index contributed by atoms with van der Waals surface area (Å²) in [4.78, 5) is 2.03. The molecule has 0 bridgehead atoms. The zero-order chi connectivity index (χ0) is 6.69. The monoisotopic (exact) mass is 125 g/mol. The summed E-state index contributed by atoms with van der Waals surface area (Å²) in [6.07, 6.45) is 5.99. The minimum absolute atomic E-state index is 0.927. The lowest BCUT2D eigenvalue weighted by atomic mass is 10.3. The first-order valence-electron chi connectivity index (χ1n) is 2.89. The first-order valence-corrected chi connectivity index (χ1v) is 2.89. The fraction of sp³-hybridized carbons (Fsp3) is 0.333. The largest absolute Gasteiger partial charge is 0.357 e. The maximum atomic E-state index is 5.20. The Balaban J connectivity index is 2.63. The van der Waals surface area contributed by atoms with Gasteiger partial charge < -0.3 is 10.3 Å². The Morgan fingerprint density at radius 2 is 2.56 bits per heavy atom. The van der Waals surface area contributed by atoms with E-state index in [2.05, 4.69) is 11.5 Å². The lowest BCUT2D eigenvalue weighted by Crippen LogP contribution is -2.34. The van der Waals surface area contributed by atoms with Gasteiger partial charge in [-0.2, -0.15) is 0 Å². The zero-order valence-corrected chi connectivity index (χ0v) is 5.46. The van der Waals surface area contributed by atoms with Crippen molar-refractivity contribution < 1.29 is 0 Å². The van der Waals surface area contributed by atoms with Crippen LogP contribution in [0.15, 0.2) is 24.0 Å². The van der Waals surface area contributed by atoms with E-state index < -0.39 is 0 Å². The highest BCUT2D eigenvalue weighted by Crippen LogP contribution is 2.00. The van der Waals surface area contributed by atoms with Gasteiger partial charge in [0, 0.05) is 13.6 Å². The Morgan fingerprint density at radius 3 is 3.00 bits per heavy atom. The standard InChI is InChI=1S/C6H11N3/c1-9-5-3-2-4-6(9)8-7/h2-4,8H,5,7H2,1H3. The Kier molecular flexibility index (Phi) is 1.75. The number of hydrazine groups is 1. The van der Waals surface area contributed by atoms with Gasteiger partial charge in [-0.3, -0.25) is 0 Å². The summed E-state index contributed by atoms with van der Waals surface area (Å²) in [5.74, 6) is 6.16. The fourth-order valence-electron chi connectivity index (χ4n) is 0.762. The third-order valence-electron chi connectivity index (χ3n) is 1.33. The van der Waals surface area contributed by atoms with Crippen LogP contribution in [0.4, 0.5) is 0 Å². The number of allylic oxidation sites excluding steroid dienone is 2. The van der Waals surface area contributed by atoms with Gasteiger partial charge in [0.05, 0.1) is 0 Å². The van der Waals surface area contributed by atoms with Gasteiger partial charge in [-0.25, -0.2) is 5.84 Å². The molecule has 0 saturated heterocycles. The van der Waals surface area contributed by atoms with Gasteiger partial charge in [-0.05, 0) is 6.08 Å². The fourth-order valence-corrected chi connectivity index (χ4v) is 0.762. The summed E-state index contributed by atoms with van der Waals surface area (Å²) < 4.78 is 0. The van der Waals surface area contributed by atoms with Crippen molar-refractivity contribution in [3.05, 3.63) is 24.0 Å². The molecule has 0 fully saturated rings. The molecule has 0 unspecified atom stereocenters. The Bertz CT molecular complexity index is 148. The van der Waals surface area contributed by atoms with Crippen LogP contribution >= 0.6 is 0 Å². The minimum atomic E-state index is 0.927. The number of likely N-dealkylation sites (N-methyl/N-ethyl adjacent to an activating group) is 1. The summed E-state index contributed by atoms with van der Waals surface area (Å²) in [6, 6.07) is 0. The highest BCUT2D eigenvalue weighted by molar-refractivity contribution is 5.14. The van der Waals surface area contributed by atoms with Crippen molar-refractivity contribution in [1.29, 1.82) is 0 Å². The molecule has 0 saturated carbocycles. The van der Waals surface area contributed by atoms with Crippen molar-refractivity contribution in [1.82, 2.24) is 10.3 Å². The van der Waals surface area contributed by atoms with E-state index in [1.807, 2.05) is 24.1 Å². The van der Waals surface area contributed by atoms with Crippen LogP contribution in [-0.2, 0) is 0 Å². The van der Waals surface area contributed by atoms with Crippen LogP contribution in [0.25, 0.3) is 0 Å². The molecule has 0 aromatic heterocycles. The smallest absolute Gasteiger partial charge is 0.116 e. The number of hydrogen-bond acceptors (Lipinski definition) is 3. The van der Waals surface area contributed by atoms with E-state index in [1.54, 1.807) is 0 Å². The minimum Gasteiger partial charge on any atom is -0.357 e. The number of nitrogens with zero attached hydrogens (tertiary/aromatic N) is 1. The van der Waals surface area contributed by atoms with Crippen molar-refractivity contribution in [2.75, 3.05) is 13.6 Å². The van der Waals surface area contributed by atoms with Crippen LogP contribution in [0.3, 0.4) is 0 Å². The van der Waals surface area contributed by atoms with Crippen LogP contribution in [-0.4, -0.2) is 18.5 Å². The van der Waals surface area contributed by atoms with Crippen LogP contribution in [0.2, 0.25) is 0 Å². The molecule has 1 rings (SSSR count). The number of nitrogens with one attached hydrogen (secondary N) is 1. The molecule has 1 aliphatic rings. The SMILES string of the molecule is CN1CC=CC=C1NN. The summed E-state index contributed by atoms with van der Waals surface area (Å²) in [6.45, 7) is 0.927. The lowest BCUT2D eigenvalue weighted by molar-refractivity contribution is 0.420. The molecule has 3 nitrogen and oxygen atoms in total. The molecular formula is C6H11N3. The van der Waals surface area contributed by atoms with Crippen molar-refractivity contribution in [2.24, 2.45) is 5.84 Å². The summed E-state index contributed by atoms with van der Waals surface area (Å²) in [5.41, 5.74) is 2.59. The average Bonchev–Trinajstić information content (AvgIpc) is 1.89. The molecule has 0 aliphatic carbocycles. The van der Waals surface area contributed by atoms with E-state index in [9.17, 15) is 0 Å². The van der Waals surface area contributed by atoms with Crippen molar-refractivity contribution in [3.63, 3.8) is 0 Å². The van der Waals surface area contributed by atoms with Gasteiger partial charge in [0.15, 0.2) is 0 Å². The van der Waals surface area contributed by atoms with E-state index in [4.69, 9.17) is 5.84 Å². The molecule has 50 valence electrons. The molecule has 0 amide bonds. The highest BCUT2D eigenvalue weighted by Gasteiger charge is 2.00. The molecular weight excluding hydrogens is 114 g/mol. The quantitative estimate of drug-likeness (QED) is 0.376. The normalized spacial score (nSPS) is 17.6. The van der Waals surface area contributed by atoms with Crippen LogP contribution in [0, 0.1) is 0 Å². The van der Waals surface area contributed by atoms with Gasteiger partial charge in [-0.15, -0.1) is 0 Å². The third-order valence-corrected chi connectivity index (χ3v) is 1.33. The van der Waals surface area contributed by atoms with E-state index in [1.165, 1.54) is 0 Å². The first kappa shape index (κ1) is 6.16. The zero-order valence-electron chi connectivity index (χ0n) is 5.46. The maximum Gasteiger partial charge on any atom is 0.116 e.